The van der Waals surface area contributed by atoms with Crippen LogP contribution in [0.1, 0.15) is 23.4 Å². The number of pyridine rings is 1. The van der Waals surface area contributed by atoms with Gasteiger partial charge in [-0.05, 0) is 43.2 Å². The number of nitrogens with zero attached hydrogens (tertiary/aromatic N) is 4. The third-order valence-corrected chi connectivity index (χ3v) is 4.76. The Bertz CT molecular complexity index is 905. The smallest absolute Gasteiger partial charge is 0.0882 e. The first-order chi connectivity index (χ1) is 11.7. The van der Waals surface area contributed by atoms with Gasteiger partial charge in [0.15, 0.2) is 0 Å². The van der Waals surface area contributed by atoms with Crippen LogP contribution in [0, 0.1) is 6.92 Å². The van der Waals surface area contributed by atoms with Gasteiger partial charge in [-0.1, -0.05) is 11.6 Å². The van der Waals surface area contributed by atoms with Crippen LogP contribution in [0.2, 0.25) is 5.02 Å². The maximum atomic E-state index is 9.33. The molecule has 6 heteroatoms. The fourth-order valence-corrected chi connectivity index (χ4v) is 3.73. The first-order valence-corrected chi connectivity index (χ1v) is 8.50. The number of aryl methyl sites for hydroxylation is 2. The Morgan fingerprint density at radius 3 is 2.96 bits per heavy atom. The zero-order valence-corrected chi connectivity index (χ0v) is 14.3. The Balaban J connectivity index is 1.79. The topological polar surface area (TPSA) is 54.2 Å². The van der Waals surface area contributed by atoms with E-state index in [-0.39, 0.29) is 6.61 Å². The summed E-state index contributed by atoms with van der Waals surface area (Å²) in [5, 5.41) is 15.6. The number of anilines is 1. The number of fused-ring (bicyclic) bond motifs is 2. The first-order valence-electron chi connectivity index (χ1n) is 8.12. The third-order valence-electron chi connectivity index (χ3n) is 4.54. The number of aromatic nitrogens is 3. The molecule has 0 unspecified atom stereocenters. The molecule has 0 bridgehead atoms. The van der Waals surface area contributed by atoms with Gasteiger partial charge >= 0.3 is 0 Å². The summed E-state index contributed by atoms with van der Waals surface area (Å²) in [6.07, 6.45) is 2.86. The van der Waals surface area contributed by atoms with E-state index >= 15 is 0 Å². The van der Waals surface area contributed by atoms with Crippen molar-refractivity contribution in [2.75, 3.05) is 11.4 Å². The number of hydrogen-bond acceptors (Lipinski definition) is 4. The van der Waals surface area contributed by atoms with Gasteiger partial charge in [-0.15, -0.1) is 0 Å². The van der Waals surface area contributed by atoms with Crippen LogP contribution in [0.25, 0.3) is 10.9 Å². The number of rotatable bonds is 2. The van der Waals surface area contributed by atoms with E-state index < -0.39 is 0 Å². The van der Waals surface area contributed by atoms with E-state index in [4.69, 9.17) is 11.6 Å². The van der Waals surface area contributed by atoms with Crippen LogP contribution in [0.3, 0.4) is 0 Å². The summed E-state index contributed by atoms with van der Waals surface area (Å²) < 4.78 is 2.01. The fourth-order valence-electron chi connectivity index (χ4n) is 3.45. The van der Waals surface area contributed by atoms with E-state index in [9.17, 15) is 5.11 Å². The van der Waals surface area contributed by atoms with Gasteiger partial charge in [-0.25, -0.2) is 0 Å². The summed E-state index contributed by atoms with van der Waals surface area (Å²) in [6.45, 7) is 4.60. The van der Waals surface area contributed by atoms with Crippen molar-refractivity contribution in [1.29, 1.82) is 0 Å². The summed E-state index contributed by atoms with van der Waals surface area (Å²) in [6, 6.07) is 7.98. The maximum Gasteiger partial charge on any atom is 0.0882 e. The largest absolute Gasteiger partial charge is 0.390 e. The van der Waals surface area contributed by atoms with Crippen molar-refractivity contribution in [2.45, 2.75) is 33.0 Å². The lowest BCUT2D eigenvalue weighted by atomic mass is 10.1. The van der Waals surface area contributed by atoms with Crippen molar-refractivity contribution in [3.05, 3.63) is 52.4 Å². The van der Waals surface area contributed by atoms with Crippen LogP contribution in [0.5, 0.6) is 0 Å². The molecule has 5 nitrogen and oxygen atoms in total. The SMILES string of the molecule is Cc1cc(Cl)cc2c(N3CCCn4nc(CO)cc4C3)ccnc12. The molecule has 24 heavy (non-hydrogen) atoms. The summed E-state index contributed by atoms with van der Waals surface area (Å²) in [5.41, 5.74) is 5.07. The Hall–Kier alpha value is -2.11. The molecule has 0 fully saturated rings. The molecule has 0 saturated heterocycles. The molecule has 0 atom stereocenters. The Morgan fingerprint density at radius 1 is 1.25 bits per heavy atom. The molecule has 4 rings (SSSR count). The molecule has 0 spiro atoms. The van der Waals surface area contributed by atoms with E-state index in [1.165, 1.54) is 0 Å². The van der Waals surface area contributed by atoms with Gasteiger partial charge in [0, 0.05) is 35.4 Å². The van der Waals surface area contributed by atoms with Gasteiger partial charge in [0.2, 0.25) is 0 Å². The van der Waals surface area contributed by atoms with Crippen LogP contribution in [-0.4, -0.2) is 26.4 Å². The molecular weight excluding hydrogens is 324 g/mol. The molecule has 1 aromatic carbocycles. The predicted octanol–water partition coefficient (Wildman–Crippen LogP) is 3.30. The summed E-state index contributed by atoms with van der Waals surface area (Å²) >= 11 is 6.28. The highest BCUT2D eigenvalue weighted by molar-refractivity contribution is 6.31. The predicted molar refractivity (Wildman–Crippen MR) is 95.3 cm³/mol. The monoisotopic (exact) mass is 342 g/mol. The van der Waals surface area contributed by atoms with Crippen molar-refractivity contribution >= 4 is 28.2 Å². The number of hydrogen-bond donors (Lipinski definition) is 1. The maximum absolute atomic E-state index is 9.33. The highest BCUT2D eigenvalue weighted by Crippen LogP contribution is 2.32. The van der Waals surface area contributed by atoms with E-state index in [2.05, 4.69) is 21.0 Å². The van der Waals surface area contributed by atoms with Crippen molar-refractivity contribution in [3.63, 3.8) is 0 Å². The minimum absolute atomic E-state index is 0.0208. The summed E-state index contributed by atoms with van der Waals surface area (Å²) in [7, 11) is 0. The zero-order chi connectivity index (χ0) is 16.7. The lowest BCUT2D eigenvalue weighted by molar-refractivity contribution is 0.275. The summed E-state index contributed by atoms with van der Waals surface area (Å²) in [4.78, 5) is 6.88. The third kappa shape index (κ3) is 2.64. The second kappa shape index (κ2) is 6.07. The van der Waals surface area contributed by atoms with Crippen molar-refractivity contribution in [2.24, 2.45) is 0 Å². The second-order valence-electron chi connectivity index (χ2n) is 6.23. The minimum Gasteiger partial charge on any atom is -0.390 e. The number of halogens is 1. The summed E-state index contributed by atoms with van der Waals surface area (Å²) in [5.74, 6) is 0. The normalized spacial score (nSPS) is 14.7. The fraction of sp³-hybridized carbons (Fsp3) is 0.333. The van der Waals surface area contributed by atoms with Crippen LogP contribution in [-0.2, 0) is 19.7 Å². The van der Waals surface area contributed by atoms with Crippen LogP contribution >= 0.6 is 11.6 Å². The molecule has 3 heterocycles. The molecule has 1 aliphatic rings. The van der Waals surface area contributed by atoms with Gasteiger partial charge in [-0.3, -0.25) is 9.67 Å². The minimum atomic E-state index is -0.0208. The molecule has 0 saturated carbocycles. The first kappa shape index (κ1) is 15.4. The second-order valence-corrected chi connectivity index (χ2v) is 6.67. The Labute approximate surface area is 145 Å². The van der Waals surface area contributed by atoms with Crippen molar-refractivity contribution in [3.8, 4) is 0 Å². The molecule has 0 aliphatic carbocycles. The Kier molecular flexibility index (Phi) is 3.90. The van der Waals surface area contributed by atoms with Crippen LogP contribution < -0.4 is 4.90 Å². The number of aliphatic hydroxyl groups excluding tert-OH is 1. The van der Waals surface area contributed by atoms with Gasteiger partial charge in [0.1, 0.15) is 0 Å². The van der Waals surface area contributed by atoms with Crippen LogP contribution in [0.15, 0.2) is 30.5 Å². The lowest BCUT2D eigenvalue weighted by Crippen LogP contribution is -2.22. The van der Waals surface area contributed by atoms with Crippen molar-refractivity contribution in [1.82, 2.24) is 14.8 Å². The van der Waals surface area contributed by atoms with E-state index in [0.717, 1.165) is 64.6 Å². The van der Waals surface area contributed by atoms with Gasteiger partial charge in [0.25, 0.3) is 0 Å². The molecule has 0 radical (unpaired) electrons. The standard InChI is InChI=1S/C18H19ClN4O/c1-12-7-13(19)8-16-17(3-4-20-18(12)16)22-5-2-6-23-15(10-22)9-14(11-24)21-23/h3-4,7-9,24H,2,5-6,10-11H2,1H3. The van der Waals surface area contributed by atoms with E-state index in [1.54, 1.807) is 0 Å². The van der Waals surface area contributed by atoms with E-state index in [0.29, 0.717) is 0 Å². The number of benzene rings is 1. The molecule has 2 aromatic heterocycles. The van der Waals surface area contributed by atoms with Gasteiger partial charge in [-0.2, -0.15) is 5.10 Å². The quantitative estimate of drug-likeness (QED) is 0.776. The highest BCUT2D eigenvalue weighted by Gasteiger charge is 2.19. The molecule has 1 aliphatic heterocycles. The molecule has 124 valence electrons. The highest BCUT2D eigenvalue weighted by atomic mass is 35.5. The molecule has 3 aromatic rings. The van der Waals surface area contributed by atoms with Crippen LogP contribution in [0.4, 0.5) is 5.69 Å². The molecule has 0 amide bonds. The molecule has 1 N–H and O–H groups in total. The average molecular weight is 343 g/mol. The lowest BCUT2D eigenvalue weighted by Gasteiger charge is -2.24. The number of aliphatic hydroxyl groups is 1. The van der Waals surface area contributed by atoms with E-state index in [1.807, 2.05) is 36.0 Å². The van der Waals surface area contributed by atoms with Gasteiger partial charge < -0.3 is 10.0 Å². The zero-order valence-electron chi connectivity index (χ0n) is 13.5. The Morgan fingerprint density at radius 2 is 2.12 bits per heavy atom. The van der Waals surface area contributed by atoms with Crippen molar-refractivity contribution < 1.29 is 5.11 Å². The average Bonchev–Trinajstić information content (AvgIpc) is 2.85. The molecular formula is C18H19ClN4O. The van der Waals surface area contributed by atoms with Gasteiger partial charge in [0.05, 0.1) is 30.1 Å².